The molecular formula is C20H24N6O. The number of fused-ring (bicyclic) bond motifs is 1. The quantitative estimate of drug-likeness (QED) is 0.770. The van der Waals surface area contributed by atoms with E-state index >= 15 is 0 Å². The Balaban J connectivity index is 1.38. The minimum Gasteiger partial charge on any atom is -0.371 e. The van der Waals surface area contributed by atoms with Crippen molar-refractivity contribution < 1.29 is 4.74 Å². The highest BCUT2D eigenvalue weighted by atomic mass is 16.5. The van der Waals surface area contributed by atoms with E-state index in [1.807, 2.05) is 23.3 Å². The van der Waals surface area contributed by atoms with Gasteiger partial charge in [0, 0.05) is 12.4 Å². The van der Waals surface area contributed by atoms with Gasteiger partial charge in [-0.2, -0.15) is 0 Å². The summed E-state index contributed by atoms with van der Waals surface area (Å²) in [6, 6.07) is 8.97. The Morgan fingerprint density at radius 1 is 1.19 bits per heavy atom. The lowest BCUT2D eigenvalue weighted by Crippen LogP contribution is -2.29. The standard InChI is InChI=1S/C20H24N6O/c1-2-4-17-15(3-1)7-12-27-19(17)14-25-11-10-22-20(25)18-13-26(24-23-18)16-5-8-21-9-6-16/h1-4,10-11,13,16,19,21H,5-9,12,14H2/t19-/m1/s1. The number of nitrogens with zero attached hydrogens (tertiary/aromatic N) is 5. The van der Waals surface area contributed by atoms with E-state index in [2.05, 4.69) is 49.4 Å². The number of benzene rings is 1. The zero-order valence-corrected chi connectivity index (χ0v) is 15.3. The molecule has 0 unspecified atom stereocenters. The molecule has 1 atom stereocenters. The largest absolute Gasteiger partial charge is 0.371 e. The van der Waals surface area contributed by atoms with E-state index in [1.54, 1.807) is 0 Å². The van der Waals surface area contributed by atoms with Crippen LogP contribution in [0.3, 0.4) is 0 Å². The van der Waals surface area contributed by atoms with Crippen LogP contribution < -0.4 is 5.32 Å². The normalized spacial score (nSPS) is 20.5. The molecule has 5 rings (SSSR count). The number of rotatable bonds is 4. The van der Waals surface area contributed by atoms with Crippen LogP contribution in [0, 0.1) is 0 Å². The van der Waals surface area contributed by atoms with Gasteiger partial charge in [-0.3, -0.25) is 0 Å². The molecule has 0 radical (unpaired) electrons. The fourth-order valence-electron chi connectivity index (χ4n) is 4.13. The van der Waals surface area contributed by atoms with Crippen LogP contribution in [-0.4, -0.2) is 44.2 Å². The Morgan fingerprint density at radius 2 is 2.07 bits per heavy atom. The molecule has 3 aromatic rings. The summed E-state index contributed by atoms with van der Waals surface area (Å²) in [5, 5.41) is 12.2. The molecule has 140 valence electrons. The van der Waals surface area contributed by atoms with Crippen LogP contribution in [-0.2, 0) is 17.7 Å². The summed E-state index contributed by atoms with van der Waals surface area (Å²) in [5.41, 5.74) is 3.48. The van der Waals surface area contributed by atoms with Gasteiger partial charge in [-0.1, -0.05) is 29.5 Å². The van der Waals surface area contributed by atoms with Crippen molar-refractivity contribution in [2.45, 2.75) is 38.0 Å². The predicted octanol–water partition coefficient (Wildman–Crippen LogP) is 2.38. The lowest BCUT2D eigenvalue weighted by atomic mass is 9.97. The van der Waals surface area contributed by atoms with Crippen molar-refractivity contribution in [2.24, 2.45) is 0 Å². The Kier molecular flexibility index (Phi) is 4.47. The van der Waals surface area contributed by atoms with Crippen LogP contribution in [0.25, 0.3) is 11.5 Å². The number of nitrogens with one attached hydrogen (secondary N) is 1. The van der Waals surface area contributed by atoms with Crippen LogP contribution in [0.4, 0.5) is 0 Å². The van der Waals surface area contributed by atoms with Gasteiger partial charge in [-0.25, -0.2) is 9.67 Å². The Bertz CT molecular complexity index is 911. The molecule has 1 saturated heterocycles. The molecule has 0 saturated carbocycles. The van der Waals surface area contributed by atoms with Gasteiger partial charge in [0.2, 0.25) is 0 Å². The molecule has 4 heterocycles. The van der Waals surface area contributed by atoms with Crippen LogP contribution in [0.1, 0.15) is 36.1 Å². The van der Waals surface area contributed by atoms with Crippen molar-refractivity contribution in [2.75, 3.05) is 19.7 Å². The maximum absolute atomic E-state index is 6.07. The summed E-state index contributed by atoms with van der Waals surface area (Å²) in [6.45, 7) is 3.56. The van der Waals surface area contributed by atoms with Crippen molar-refractivity contribution >= 4 is 0 Å². The molecule has 7 nitrogen and oxygen atoms in total. The number of piperidine rings is 1. The van der Waals surface area contributed by atoms with Gasteiger partial charge in [-0.15, -0.1) is 5.10 Å². The van der Waals surface area contributed by atoms with Crippen molar-refractivity contribution in [3.63, 3.8) is 0 Å². The van der Waals surface area contributed by atoms with Gasteiger partial charge < -0.3 is 14.6 Å². The zero-order valence-electron chi connectivity index (χ0n) is 15.3. The molecule has 27 heavy (non-hydrogen) atoms. The minimum absolute atomic E-state index is 0.0439. The van der Waals surface area contributed by atoms with Gasteiger partial charge in [0.1, 0.15) is 11.8 Å². The van der Waals surface area contributed by atoms with E-state index in [-0.39, 0.29) is 6.10 Å². The first-order valence-electron chi connectivity index (χ1n) is 9.72. The second-order valence-corrected chi connectivity index (χ2v) is 7.28. The lowest BCUT2D eigenvalue weighted by Gasteiger charge is -2.26. The van der Waals surface area contributed by atoms with Gasteiger partial charge in [0.15, 0.2) is 5.82 Å². The Morgan fingerprint density at radius 3 is 3.00 bits per heavy atom. The van der Waals surface area contributed by atoms with Crippen LogP contribution in [0.5, 0.6) is 0 Å². The Hall–Kier alpha value is -2.51. The van der Waals surface area contributed by atoms with E-state index < -0.39 is 0 Å². The molecule has 0 spiro atoms. The smallest absolute Gasteiger partial charge is 0.162 e. The first-order valence-corrected chi connectivity index (χ1v) is 9.72. The van der Waals surface area contributed by atoms with E-state index in [0.29, 0.717) is 6.04 Å². The van der Waals surface area contributed by atoms with Crippen molar-refractivity contribution in [3.8, 4) is 11.5 Å². The Labute approximate surface area is 158 Å². The van der Waals surface area contributed by atoms with Crippen molar-refractivity contribution in [1.82, 2.24) is 29.9 Å². The average Bonchev–Trinajstić information content (AvgIpc) is 3.38. The molecule has 2 aliphatic heterocycles. The van der Waals surface area contributed by atoms with E-state index in [0.717, 1.165) is 57.0 Å². The zero-order chi connectivity index (χ0) is 18.1. The molecule has 7 heteroatoms. The van der Waals surface area contributed by atoms with Crippen LogP contribution in [0.2, 0.25) is 0 Å². The maximum Gasteiger partial charge on any atom is 0.162 e. The third-order valence-corrected chi connectivity index (χ3v) is 5.59. The molecule has 2 aliphatic rings. The highest BCUT2D eigenvalue weighted by Gasteiger charge is 2.23. The second-order valence-electron chi connectivity index (χ2n) is 7.28. The third kappa shape index (κ3) is 3.28. The molecular weight excluding hydrogens is 340 g/mol. The summed E-state index contributed by atoms with van der Waals surface area (Å²) in [7, 11) is 0. The lowest BCUT2D eigenvalue weighted by molar-refractivity contribution is 0.0309. The van der Waals surface area contributed by atoms with E-state index in [9.17, 15) is 0 Å². The molecule has 1 aromatic carbocycles. The molecule has 2 aromatic heterocycles. The fraction of sp³-hybridized carbons (Fsp3) is 0.450. The van der Waals surface area contributed by atoms with Crippen molar-refractivity contribution in [1.29, 1.82) is 0 Å². The summed E-state index contributed by atoms with van der Waals surface area (Å²) >= 11 is 0. The summed E-state index contributed by atoms with van der Waals surface area (Å²) in [5.74, 6) is 0.849. The summed E-state index contributed by atoms with van der Waals surface area (Å²) in [6.07, 6.45) is 9.06. The minimum atomic E-state index is 0.0439. The summed E-state index contributed by atoms with van der Waals surface area (Å²) < 4.78 is 10.2. The maximum atomic E-state index is 6.07. The molecule has 0 amide bonds. The number of hydrogen-bond donors (Lipinski definition) is 1. The highest BCUT2D eigenvalue weighted by Crippen LogP contribution is 2.29. The topological polar surface area (TPSA) is 69.8 Å². The van der Waals surface area contributed by atoms with Crippen LogP contribution >= 0.6 is 0 Å². The molecule has 1 N–H and O–H groups in total. The number of imidazole rings is 1. The van der Waals surface area contributed by atoms with Gasteiger partial charge in [-0.05, 0) is 43.5 Å². The number of hydrogen-bond acceptors (Lipinski definition) is 5. The van der Waals surface area contributed by atoms with Crippen LogP contribution in [0.15, 0.2) is 42.9 Å². The van der Waals surface area contributed by atoms with E-state index in [1.165, 1.54) is 11.1 Å². The fourth-order valence-corrected chi connectivity index (χ4v) is 4.13. The molecule has 1 fully saturated rings. The first kappa shape index (κ1) is 16.6. The number of ether oxygens (including phenoxy) is 1. The van der Waals surface area contributed by atoms with Gasteiger partial charge in [0.05, 0.1) is 25.4 Å². The van der Waals surface area contributed by atoms with Crippen molar-refractivity contribution in [3.05, 3.63) is 54.0 Å². The predicted molar refractivity (Wildman–Crippen MR) is 101 cm³/mol. The van der Waals surface area contributed by atoms with Gasteiger partial charge >= 0.3 is 0 Å². The second kappa shape index (κ2) is 7.25. The number of aromatic nitrogens is 5. The average molecular weight is 364 g/mol. The third-order valence-electron chi connectivity index (χ3n) is 5.59. The van der Waals surface area contributed by atoms with Gasteiger partial charge in [0.25, 0.3) is 0 Å². The molecule has 0 bridgehead atoms. The SMILES string of the molecule is c1ccc2c(c1)CCO[C@@H]2Cn1ccnc1-c1cn(C2CCNCC2)nn1. The highest BCUT2D eigenvalue weighted by molar-refractivity contribution is 5.47. The molecule has 0 aliphatic carbocycles. The van der Waals surface area contributed by atoms with E-state index in [4.69, 9.17) is 4.74 Å². The summed E-state index contributed by atoms with van der Waals surface area (Å²) in [4.78, 5) is 4.55. The monoisotopic (exact) mass is 364 g/mol. The first-order chi connectivity index (χ1) is 13.4.